The summed E-state index contributed by atoms with van der Waals surface area (Å²) in [6.45, 7) is 0. The number of hydrogen-bond donors (Lipinski definition) is 2. The summed E-state index contributed by atoms with van der Waals surface area (Å²) in [6, 6.07) is 11.6. The Morgan fingerprint density at radius 1 is 1.24 bits per heavy atom. The van der Waals surface area contributed by atoms with E-state index in [1.807, 2.05) is 30.3 Å². The fourth-order valence-electron chi connectivity index (χ4n) is 2.91. The van der Waals surface area contributed by atoms with E-state index in [-0.39, 0.29) is 6.04 Å². The predicted octanol–water partition coefficient (Wildman–Crippen LogP) is 4.54. The van der Waals surface area contributed by atoms with Crippen LogP contribution in [-0.4, -0.2) is 12.2 Å². The van der Waals surface area contributed by atoms with Crippen molar-refractivity contribution in [2.45, 2.75) is 25.3 Å². The van der Waals surface area contributed by atoms with Crippen molar-refractivity contribution in [2.75, 3.05) is 12.4 Å². The second-order valence-electron chi connectivity index (χ2n) is 5.32. The van der Waals surface area contributed by atoms with Gasteiger partial charge >= 0.3 is 0 Å². The average Bonchev–Trinajstić information content (AvgIpc) is 2.47. The molecule has 0 bridgehead atoms. The molecule has 0 fully saturated rings. The van der Waals surface area contributed by atoms with Crippen LogP contribution >= 0.6 is 11.6 Å². The molecule has 1 aliphatic rings. The third-order valence-electron chi connectivity index (χ3n) is 3.93. The molecule has 1 unspecified atom stereocenters. The standard InChI is InChI=1S/C17H18ClNO2/c1-21-17-8-5-12(10-15(17)18)19-16-4-2-3-11-9-13(20)6-7-14(11)16/h5-10,16,19-20H,2-4H2,1H3. The maximum Gasteiger partial charge on any atom is 0.137 e. The van der Waals surface area contributed by atoms with E-state index in [0.29, 0.717) is 16.5 Å². The van der Waals surface area contributed by atoms with E-state index in [1.54, 1.807) is 13.2 Å². The van der Waals surface area contributed by atoms with E-state index in [0.717, 1.165) is 24.9 Å². The zero-order valence-electron chi connectivity index (χ0n) is 11.9. The molecule has 0 aliphatic heterocycles. The van der Waals surface area contributed by atoms with Crippen LogP contribution < -0.4 is 10.1 Å². The average molecular weight is 304 g/mol. The summed E-state index contributed by atoms with van der Waals surface area (Å²) >= 11 is 6.17. The van der Waals surface area contributed by atoms with Crippen LogP contribution in [0.15, 0.2) is 36.4 Å². The van der Waals surface area contributed by atoms with Gasteiger partial charge in [-0.15, -0.1) is 0 Å². The van der Waals surface area contributed by atoms with Crippen molar-refractivity contribution in [3.63, 3.8) is 0 Å². The first-order valence-corrected chi connectivity index (χ1v) is 7.47. The Hall–Kier alpha value is -1.87. The van der Waals surface area contributed by atoms with Crippen LogP contribution in [0.3, 0.4) is 0 Å². The molecule has 110 valence electrons. The van der Waals surface area contributed by atoms with Crippen molar-refractivity contribution < 1.29 is 9.84 Å². The largest absolute Gasteiger partial charge is 0.508 e. The molecule has 0 amide bonds. The third kappa shape index (κ3) is 2.93. The van der Waals surface area contributed by atoms with E-state index in [2.05, 4.69) is 5.32 Å². The lowest BCUT2D eigenvalue weighted by Crippen LogP contribution is -2.17. The molecule has 3 nitrogen and oxygen atoms in total. The first kappa shape index (κ1) is 14.1. The van der Waals surface area contributed by atoms with Crippen molar-refractivity contribution in [2.24, 2.45) is 0 Å². The number of phenolic OH excluding ortho intramolecular Hbond substituents is 1. The van der Waals surface area contributed by atoms with Crippen molar-refractivity contribution in [3.05, 3.63) is 52.5 Å². The molecule has 2 aromatic rings. The zero-order chi connectivity index (χ0) is 14.8. The Kier molecular flexibility index (Phi) is 3.93. The fraction of sp³-hybridized carbons (Fsp3) is 0.294. The Morgan fingerprint density at radius 3 is 2.86 bits per heavy atom. The highest BCUT2D eigenvalue weighted by molar-refractivity contribution is 6.32. The molecule has 1 aliphatic carbocycles. The van der Waals surface area contributed by atoms with Gasteiger partial charge in [-0.3, -0.25) is 0 Å². The third-order valence-corrected chi connectivity index (χ3v) is 4.23. The molecule has 0 radical (unpaired) electrons. The topological polar surface area (TPSA) is 41.5 Å². The number of aromatic hydroxyl groups is 1. The second-order valence-corrected chi connectivity index (χ2v) is 5.73. The highest BCUT2D eigenvalue weighted by Crippen LogP contribution is 2.35. The van der Waals surface area contributed by atoms with E-state index in [4.69, 9.17) is 16.3 Å². The van der Waals surface area contributed by atoms with Gasteiger partial charge in [0.25, 0.3) is 0 Å². The van der Waals surface area contributed by atoms with Gasteiger partial charge in [-0.25, -0.2) is 0 Å². The van der Waals surface area contributed by atoms with Crippen LogP contribution in [-0.2, 0) is 6.42 Å². The number of aryl methyl sites for hydroxylation is 1. The number of fused-ring (bicyclic) bond motifs is 1. The Bertz CT molecular complexity index is 657. The van der Waals surface area contributed by atoms with Crippen LogP contribution in [0.25, 0.3) is 0 Å². The Morgan fingerprint density at radius 2 is 2.10 bits per heavy atom. The van der Waals surface area contributed by atoms with Gasteiger partial charge in [0.2, 0.25) is 0 Å². The first-order valence-electron chi connectivity index (χ1n) is 7.09. The van der Waals surface area contributed by atoms with Gasteiger partial charge in [-0.05, 0) is 60.7 Å². The minimum atomic E-state index is 0.249. The fourth-order valence-corrected chi connectivity index (χ4v) is 3.17. The van der Waals surface area contributed by atoms with Crippen molar-refractivity contribution in [3.8, 4) is 11.5 Å². The predicted molar refractivity (Wildman–Crippen MR) is 85.4 cm³/mol. The Balaban J connectivity index is 1.85. The maximum atomic E-state index is 9.61. The molecule has 3 rings (SSSR count). The highest BCUT2D eigenvalue weighted by Gasteiger charge is 2.20. The van der Waals surface area contributed by atoms with Crippen LogP contribution in [0, 0.1) is 0 Å². The molecular weight excluding hydrogens is 286 g/mol. The lowest BCUT2D eigenvalue weighted by Gasteiger charge is -2.27. The molecule has 2 aromatic carbocycles. The summed E-state index contributed by atoms with van der Waals surface area (Å²) in [4.78, 5) is 0. The summed E-state index contributed by atoms with van der Waals surface area (Å²) in [7, 11) is 1.61. The van der Waals surface area contributed by atoms with Gasteiger partial charge in [0.15, 0.2) is 0 Å². The molecule has 4 heteroatoms. The molecule has 0 aromatic heterocycles. The number of anilines is 1. The van der Waals surface area contributed by atoms with Gasteiger partial charge in [-0.2, -0.15) is 0 Å². The number of nitrogens with one attached hydrogen (secondary N) is 1. The summed E-state index contributed by atoms with van der Waals surface area (Å²) < 4.78 is 5.17. The normalized spacial score (nSPS) is 17.1. The monoisotopic (exact) mass is 303 g/mol. The van der Waals surface area contributed by atoms with E-state index in [9.17, 15) is 5.11 Å². The number of phenols is 1. The van der Waals surface area contributed by atoms with Crippen LogP contribution in [0.2, 0.25) is 5.02 Å². The molecule has 0 spiro atoms. The minimum absolute atomic E-state index is 0.249. The molecular formula is C17H18ClNO2. The summed E-state index contributed by atoms with van der Waals surface area (Å²) in [5.41, 5.74) is 3.45. The van der Waals surface area contributed by atoms with Crippen molar-refractivity contribution >= 4 is 17.3 Å². The molecule has 0 saturated heterocycles. The molecule has 1 atom stereocenters. The maximum absolute atomic E-state index is 9.61. The quantitative estimate of drug-likeness (QED) is 0.874. The highest BCUT2D eigenvalue weighted by atomic mass is 35.5. The van der Waals surface area contributed by atoms with Gasteiger partial charge in [-0.1, -0.05) is 17.7 Å². The van der Waals surface area contributed by atoms with Crippen molar-refractivity contribution in [1.29, 1.82) is 0 Å². The number of methoxy groups -OCH3 is 1. The first-order chi connectivity index (χ1) is 10.2. The summed E-state index contributed by atoms with van der Waals surface area (Å²) in [5, 5.41) is 13.7. The van der Waals surface area contributed by atoms with Gasteiger partial charge in [0.05, 0.1) is 18.2 Å². The van der Waals surface area contributed by atoms with E-state index in [1.165, 1.54) is 11.1 Å². The van der Waals surface area contributed by atoms with Crippen LogP contribution in [0.5, 0.6) is 11.5 Å². The van der Waals surface area contributed by atoms with Gasteiger partial charge in [0.1, 0.15) is 11.5 Å². The molecule has 21 heavy (non-hydrogen) atoms. The minimum Gasteiger partial charge on any atom is -0.508 e. The second kappa shape index (κ2) is 5.86. The lowest BCUT2D eigenvalue weighted by atomic mass is 9.87. The van der Waals surface area contributed by atoms with Crippen LogP contribution in [0.1, 0.15) is 30.0 Å². The van der Waals surface area contributed by atoms with Gasteiger partial charge < -0.3 is 15.2 Å². The van der Waals surface area contributed by atoms with Crippen LogP contribution in [0.4, 0.5) is 5.69 Å². The molecule has 0 heterocycles. The number of rotatable bonds is 3. The number of halogens is 1. The molecule has 2 N–H and O–H groups in total. The summed E-state index contributed by atoms with van der Waals surface area (Å²) in [5.74, 6) is 1.01. The molecule has 0 saturated carbocycles. The zero-order valence-corrected chi connectivity index (χ0v) is 12.7. The SMILES string of the molecule is COc1ccc(NC2CCCc3cc(O)ccc32)cc1Cl. The number of benzene rings is 2. The smallest absolute Gasteiger partial charge is 0.137 e. The van der Waals surface area contributed by atoms with E-state index >= 15 is 0 Å². The number of hydrogen-bond acceptors (Lipinski definition) is 3. The van der Waals surface area contributed by atoms with Crippen molar-refractivity contribution in [1.82, 2.24) is 0 Å². The van der Waals surface area contributed by atoms with E-state index < -0.39 is 0 Å². The Labute approximate surface area is 129 Å². The lowest BCUT2D eigenvalue weighted by molar-refractivity contribution is 0.415. The summed E-state index contributed by atoms with van der Waals surface area (Å²) in [6.07, 6.45) is 3.20. The van der Waals surface area contributed by atoms with Gasteiger partial charge in [0, 0.05) is 5.69 Å². The number of ether oxygens (including phenoxy) is 1.